The Bertz CT molecular complexity index is 594. The quantitative estimate of drug-likeness (QED) is 0.868. The lowest BCUT2D eigenvalue weighted by atomic mass is 9.68. The van der Waals surface area contributed by atoms with E-state index in [1.165, 1.54) is 25.0 Å². The summed E-state index contributed by atoms with van der Waals surface area (Å²) < 4.78 is 0. The van der Waals surface area contributed by atoms with Crippen molar-refractivity contribution in [2.45, 2.75) is 46.1 Å². The highest BCUT2D eigenvalue weighted by Gasteiger charge is 2.59. The molecule has 0 aromatic heterocycles. The minimum atomic E-state index is -0.234. The van der Waals surface area contributed by atoms with Gasteiger partial charge in [0.25, 0.3) is 5.91 Å². The maximum absolute atomic E-state index is 12.6. The van der Waals surface area contributed by atoms with E-state index >= 15 is 0 Å². The Kier molecular flexibility index (Phi) is 3.25. The highest BCUT2D eigenvalue weighted by atomic mass is 35.5. The largest absolute Gasteiger partial charge is 0.507 e. The van der Waals surface area contributed by atoms with E-state index in [0.29, 0.717) is 10.9 Å². The molecule has 2 aliphatic rings. The minimum Gasteiger partial charge on any atom is -0.507 e. The maximum atomic E-state index is 12.6. The number of halogens is 1. The van der Waals surface area contributed by atoms with Crippen LogP contribution in [0.3, 0.4) is 0 Å². The molecule has 3 atom stereocenters. The topological polar surface area (TPSA) is 49.3 Å². The van der Waals surface area contributed by atoms with Crippen LogP contribution in [0.5, 0.6) is 5.75 Å². The number of hydrogen-bond acceptors (Lipinski definition) is 2. The van der Waals surface area contributed by atoms with Crippen molar-refractivity contribution in [1.29, 1.82) is 0 Å². The molecular weight excluding hydrogens is 286 g/mol. The molecule has 0 heterocycles. The summed E-state index contributed by atoms with van der Waals surface area (Å²) in [6, 6.07) is 4.70. The molecular formula is C17H22ClNO2. The Morgan fingerprint density at radius 2 is 2.10 bits per heavy atom. The summed E-state index contributed by atoms with van der Waals surface area (Å²) in [5.41, 5.74) is 0.513. The number of carbonyl (C=O) groups excluding carboxylic acids is 1. The second-order valence-corrected chi connectivity index (χ2v) is 7.92. The monoisotopic (exact) mass is 307 g/mol. The fraction of sp³-hybridized carbons (Fsp3) is 0.588. The number of hydrogen-bond donors (Lipinski definition) is 2. The Morgan fingerprint density at radius 3 is 2.71 bits per heavy atom. The molecule has 4 heteroatoms. The Balaban J connectivity index is 1.86. The third kappa shape index (κ3) is 2.22. The first-order chi connectivity index (χ1) is 9.74. The van der Waals surface area contributed by atoms with Gasteiger partial charge in [-0.05, 0) is 54.2 Å². The lowest BCUT2D eigenvalue weighted by Crippen LogP contribution is -2.52. The Labute approximate surface area is 130 Å². The number of amides is 1. The Hall–Kier alpha value is -1.22. The standard InChI is InChI=1S/C17H22ClNO2/c1-16(2)10-6-7-17(3,9-10)15(16)19-14(21)12-8-11(18)4-5-13(12)20/h4-5,8,10,15,20H,6-7,9H2,1-3H3,(H,19,21). The van der Waals surface area contributed by atoms with E-state index in [9.17, 15) is 9.90 Å². The van der Waals surface area contributed by atoms with Crippen LogP contribution in [0.2, 0.25) is 5.02 Å². The maximum Gasteiger partial charge on any atom is 0.255 e. The molecule has 3 unspecified atom stereocenters. The SMILES string of the molecule is CC12CCC(C1)C(C)(C)C2NC(=O)c1cc(Cl)ccc1O. The Morgan fingerprint density at radius 1 is 1.38 bits per heavy atom. The molecule has 0 aliphatic heterocycles. The zero-order valence-electron chi connectivity index (χ0n) is 12.7. The van der Waals surface area contributed by atoms with Crippen molar-refractivity contribution in [2.75, 3.05) is 0 Å². The van der Waals surface area contributed by atoms with E-state index in [1.807, 2.05) is 0 Å². The van der Waals surface area contributed by atoms with Crippen molar-refractivity contribution in [3.63, 3.8) is 0 Å². The van der Waals surface area contributed by atoms with E-state index in [4.69, 9.17) is 11.6 Å². The summed E-state index contributed by atoms with van der Waals surface area (Å²) in [6.07, 6.45) is 3.58. The van der Waals surface area contributed by atoms with Gasteiger partial charge in [-0.15, -0.1) is 0 Å². The number of aromatic hydroxyl groups is 1. The van der Waals surface area contributed by atoms with Crippen molar-refractivity contribution in [2.24, 2.45) is 16.7 Å². The molecule has 114 valence electrons. The zero-order valence-corrected chi connectivity index (χ0v) is 13.5. The molecule has 3 nitrogen and oxygen atoms in total. The summed E-state index contributed by atoms with van der Waals surface area (Å²) in [5, 5.41) is 13.5. The molecule has 1 aromatic carbocycles. The van der Waals surface area contributed by atoms with Gasteiger partial charge in [-0.3, -0.25) is 4.79 Å². The second kappa shape index (κ2) is 4.64. The van der Waals surface area contributed by atoms with Crippen LogP contribution < -0.4 is 5.32 Å². The predicted octanol–water partition coefficient (Wildman–Crippen LogP) is 3.99. The van der Waals surface area contributed by atoms with Gasteiger partial charge in [0.1, 0.15) is 5.75 Å². The van der Waals surface area contributed by atoms with Gasteiger partial charge in [-0.25, -0.2) is 0 Å². The molecule has 2 fully saturated rings. The van der Waals surface area contributed by atoms with Crippen LogP contribution in [0.25, 0.3) is 0 Å². The van der Waals surface area contributed by atoms with E-state index in [-0.39, 0.29) is 34.1 Å². The molecule has 2 bridgehead atoms. The molecule has 2 aliphatic carbocycles. The van der Waals surface area contributed by atoms with Crippen molar-refractivity contribution >= 4 is 17.5 Å². The minimum absolute atomic E-state index is 0.0250. The van der Waals surface area contributed by atoms with Crippen LogP contribution in [-0.4, -0.2) is 17.1 Å². The van der Waals surface area contributed by atoms with Gasteiger partial charge < -0.3 is 10.4 Å². The molecule has 1 aromatic rings. The van der Waals surface area contributed by atoms with E-state index in [2.05, 4.69) is 26.1 Å². The van der Waals surface area contributed by atoms with E-state index < -0.39 is 0 Å². The number of phenols is 1. The predicted molar refractivity (Wildman–Crippen MR) is 83.6 cm³/mol. The van der Waals surface area contributed by atoms with Crippen LogP contribution in [0.15, 0.2) is 18.2 Å². The fourth-order valence-electron chi connectivity index (χ4n) is 4.56. The highest BCUT2D eigenvalue weighted by molar-refractivity contribution is 6.31. The van der Waals surface area contributed by atoms with Gasteiger partial charge in [0, 0.05) is 11.1 Å². The molecule has 2 saturated carbocycles. The van der Waals surface area contributed by atoms with Gasteiger partial charge in [-0.2, -0.15) is 0 Å². The van der Waals surface area contributed by atoms with Crippen LogP contribution >= 0.6 is 11.6 Å². The molecule has 0 radical (unpaired) electrons. The van der Waals surface area contributed by atoms with Gasteiger partial charge in [-0.1, -0.05) is 32.4 Å². The van der Waals surface area contributed by atoms with Crippen LogP contribution in [0, 0.1) is 16.7 Å². The molecule has 0 spiro atoms. The zero-order chi connectivity index (χ0) is 15.4. The smallest absolute Gasteiger partial charge is 0.255 e. The molecule has 2 N–H and O–H groups in total. The molecule has 1 amide bonds. The van der Waals surface area contributed by atoms with Gasteiger partial charge in [0.2, 0.25) is 0 Å². The first kappa shape index (κ1) is 14.7. The lowest BCUT2D eigenvalue weighted by molar-refractivity contribution is 0.0735. The first-order valence-electron chi connectivity index (χ1n) is 7.53. The average molecular weight is 308 g/mol. The number of benzene rings is 1. The van der Waals surface area contributed by atoms with Crippen molar-refractivity contribution < 1.29 is 9.90 Å². The van der Waals surface area contributed by atoms with Gasteiger partial charge in [0.15, 0.2) is 0 Å². The van der Waals surface area contributed by atoms with E-state index in [0.717, 1.165) is 6.42 Å². The second-order valence-electron chi connectivity index (χ2n) is 7.48. The number of phenolic OH excluding ortho intramolecular Hbond substituents is 1. The summed E-state index contributed by atoms with van der Waals surface area (Å²) in [6.45, 7) is 6.75. The number of rotatable bonds is 2. The third-order valence-electron chi connectivity index (χ3n) is 5.75. The summed E-state index contributed by atoms with van der Waals surface area (Å²) in [7, 11) is 0. The van der Waals surface area contributed by atoms with Crippen molar-refractivity contribution in [3.8, 4) is 5.75 Å². The van der Waals surface area contributed by atoms with Crippen molar-refractivity contribution in [3.05, 3.63) is 28.8 Å². The highest BCUT2D eigenvalue weighted by Crippen LogP contribution is 2.62. The van der Waals surface area contributed by atoms with Gasteiger partial charge >= 0.3 is 0 Å². The first-order valence-corrected chi connectivity index (χ1v) is 7.91. The van der Waals surface area contributed by atoms with Gasteiger partial charge in [0.05, 0.1) is 5.56 Å². The average Bonchev–Trinajstić information content (AvgIpc) is 2.88. The third-order valence-corrected chi connectivity index (χ3v) is 5.98. The summed E-state index contributed by atoms with van der Waals surface area (Å²) in [5.74, 6) is 0.408. The number of fused-ring (bicyclic) bond motifs is 2. The van der Waals surface area contributed by atoms with Crippen LogP contribution in [0.4, 0.5) is 0 Å². The van der Waals surface area contributed by atoms with Crippen LogP contribution in [0.1, 0.15) is 50.4 Å². The molecule has 0 saturated heterocycles. The van der Waals surface area contributed by atoms with Crippen LogP contribution in [-0.2, 0) is 0 Å². The summed E-state index contributed by atoms with van der Waals surface area (Å²) in [4.78, 5) is 12.6. The molecule has 21 heavy (non-hydrogen) atoms. The number of nitrogens with one attached hydrogen (secondary N) is 1. The normalized spacial score (nSPS) is 33.1. The number of carbonyl (C=O) groups is 1. The summed E-state index contributed by atoms with van der Waals surface area (Å²) >= 11 is 5.93. The van der Waals surface area contributed by atoms with E-state index in [1.54, 1.807) is 6.07 Å². The van der Waals surface area contributed by atoms with Crippen molar-refractivity contribution in [1.82, 2.24) is 5.32 Å². The fourth-order valence-corrected chi connectivity index (χ4v) is 4.73. The molecule has 3 rings (SSSR count). The lowest BCUT2D eigenvalue weighted by Gasteiger charge is -2.43.